The molecule has 18 atom stereocenters. The number of halogens is 6. The average molecular weight is 2040 g/mol. The molecule has 138 heavy (non-hydrogen) atoms. The van der Waals surface area contributed by atoms with Crippen molar-refractivity contribution in [2.24, 2.45) is 51.8 Å². The van der Waals surface area contributed by atoms with Crippen molar-refractivity contribution in [1.29, 1.82) is 0 Å². The number of aryl methyl sites for hydroxylation is 3. The van der Waals surface area contributed by atoms with E-state index in [0.717, 1.165) is 12.8 Å². The SMILES string of the molecule is CC[C@@H]1[C@@H]2CN(C(=O)[C@H](C(C)(C)C)NC(=O)O[C@@H]3CCC[C@H]3CCCCC(F)(F)c3c(nc4cc(OC)ccc4c3C)O2)[C@@H]1[C-]=O.CC[C@@H]1[C@@H]2CN(C(=O)[C@H](C(C)(C)C)NC(=O)O[C@@H]3C[C@H]3CCCCC(F)(F)c3c(nc4cc(OC)ccc4c3C)O2)[C@@H]1[C-]=O.CC[C@@H]1[C@@H]2CN(C(=O)[C@H](C(C)(C)C)NC(=O)O[C@]3(C)C[C@H]3CCCCC(F)(F)c3c(nc4cc(OC)ccc4c3C)O2)[C@@H]1[C-]=O.[V].[V].[V]. The van der Waals surface area contributed by atoms with Gasteiger partial charge >= 0.3 is 18.3 Å². The number of nitrogens with one attached hydrogen (secondary N) is 3. The second-order valence-corrected chi connectivity index (χ2v) is 41.6. The van der Waals surface area contributed by atoms with Crippen LogP contribution in [0.2, 0.25) is 0 Å². The predicted octanol–water partition coefficient (Wildman–Crippen LogP) is 18.7. The van der Waals surface area contributed by atoms with Crippen molar-refractivity contribution in [3.63, 3.8) is 0 Å². The van der Waals surface area contributed by atoms with E-state index in [9.17, 15) is 43.2 Å². The maximum absolute atomic E-state index is 16.3. The van der Waals surface area contributed by atoms with Crippen molar-refractivity contribution < 1.29 is 168 Å². The molecule has 6 bridgehead atoms. The van der Waals surface area contributed by atoms with Crippen LogP contribution in [0.15, 0.2) is 54.6 Å². The van der Waals surface area contributed by atoms with Crippen molar-refractivity contribution in [2.75, 3.05) is 41.0 Å². The summed E-state index contributed by atoms with van der Waals surface area (Å²) in [6.07, 6.45) is 8.78. The summed E-state index contributed by atoms with van der Waals surface area (Å²) in [7, 11) is 4.55. The molecule has 753 valence electrons. The van der Waals surface area contributed by atoms with E-state index in [0.29, 0.717) is 144 Å². The number of ether oxygens (including phenoxy) is 9. The van der Waals surface area contributed by atoms with Crippen LogP contribution >= 0.6 is 0 Å². The maximum atomic E-state index is 16.3. The molecule has 6 aliphatic heterocycles. The minimum atomic E-state index is -3.27. The van der Waals surface area contributed by atoms with Gasteiger partial charge < -0.3 is 87.7 Å². The number of pyridine rings is 3. The Kier molecular flexibility index (Phi) is 36.1. The third-order valence-electron chi connectivity index (χ3n) is 29.3. The molecule has 6 amide bonds. The summed E-state index contributed by atoms with van der Waals surface area (Å²) in [5.41, 5.74) is -1.38. The second-order valence-electron chi connectivity index (χ2n) is 41.6. The number of hydrogen-bond acceptors (Lipinski definition) is 21. The standard InChI is InChI=1S/C35H46F2N3O6.C34H44F2N3O6.C33H42F2N3O6.3V/c1-7-23-26(19-41)40-18-28(23)45-31-29(20(2)24-15-14-22(44-6)17-25(24)38-31)35(36,37)16-9-8-11-21-12-10-13-27(21)46-33(43)39-30(32(40)42)34(3,4)5;1-8-22-25(18-40)39-17-26(22)44-29-27(19(2)23-13-12-21(43-7)15-24(23)37-29)34(35,36)14-10-9-11-20-16-33(20,6)45-31(42)38-28(30(39)41)32(3,4)5;1-7-21-24(17-39)38-16-26(21)43-29-27(18(2)22-12-11-20(42-6)15-23(22)36-29)33(34,35)13-9-8-10-19-14-25(19)44-31(41)37-28(30(38)40)32(3,4)5;;;/h14-15,17,21,23,26-28,30H,7-13,16,18H2,1-6H3,(H,39,43);12-13,15,20,22,25-26,28H,8-11,14,16-17H2,1-7H3,(H,38,42);11-12,15,19,21,24-26,28H,7-10,13-14,16H2,1-6H3,(H,37,41);;;/q3*-1;;;/t21-,23+,26-,27-,28+,30-;20-,22+,25-,26+,28-,33-;19-,21+,24-,25-,26+,28-;;;/m111.../s1. The smallest absolute Gasteiger partial charge is 0.408 e. The first kappa shape index (κ1) is 111. The zero-order valence-corrected chi connectivity index (χ0v) is 86.6. The molecular weight excluding hydrogens is 1910 g/mol. The van der Waals surface area contributed by atoms with Crippen LogP contribution in [0.5, 0.6) is 34.9 Å². The Hall–Kier alpha value is -8.75. The van der Waals surface area contributed by atoms with Crippen molar-refractivity contribution in [2.45, 2.75) is 329 Å². The zero-order chi connectivity index (χ0) is 98.3. The zero-order valence-electron chi connectivity index (χ0n) is 82.4. The van der Waals surface area contributed by atoms with Crippen LogP contribution in [0, 0.1) is 72.5 Å². The van der Waals surface area contributed by atoms with Crippen LogP contribution in [0.1, 0.15) is 252 Å². The van der Waals surface area contributed by atoms with Crippen LogP contribution in [0.25, 0.3) is 32.7 Å². The molecule has 3 aromatic heterocycles. The largest absolute Gasteiger partial charge is 0.540 e. The Bertz CT molecular complexity index is 5410. The first-order valence-corrected chi connectivity index (χ1v) is 47.8. The third kappa shape index (κ3) is 24.1. The topological polar surface area (TPSA) is 321 Å². The molecule has 3 aromatic carbocycles. The Morgan fingerprint density at radius 3 is 1.05 bits per heavy atom. The molecule has 0 unspecified atom stereocenters. The summed E-state index contributed by atoms with van der Waals surface area (Å²) in [6.45, 7) is 28.5. The van der Waals surface area contributed by atoms with E-state index in [1.807, 2.05) is 109 Å². The molecule has 9 aliphatic rings. The molecule has 0 spiro atoms. The van der Waals surface area contributed by atoms with Gasteiger partial charge in [-0.1, -0.05) is 140 Å². The predicted molar refractivity (Wildman–Crippen MR) is 492 cm³/mol. The fraction of sp³-hybridized carbons (Fsp3) is 0.647. The van der Waals surface area contributed by atoms with Gasteiger partial charge in [-0.05, 0) is 197 Å². The van der Waals surface area contributed by atoms with E-state index < -0.39 is 167 Å². The van der Waals surface area contributed by atoms with Crippen LogP contribution in [0.4, 0.5) is 40.7 Å². The molecule has 3 saturated heterocycles. The van der Waals surface area contributed by atoms with Gasteiger partial charge in [0.2, 0.25) is 35.4 Å². The van der Waals surface area contributed by atoms with E-state index in [2.05, 4.69) is 30.9 Å². The molecule has 3 N–H and O–H groups in total. The molecule has 27 nitrogen and oxygen atoms in total. The minimum Gasteiger partial charge on any atom is -0.540 e. The summed E-state index contributed by atoms with van der Waals surface area (Å²) in [5.74, 6) is -11.8. The van der Waals surface area contributed by atoms with E-state index >= 15 is 26.3 Å². The number of methoxy groups -OCH3 is 3. The van der Waals surface area contributed by atoms with Gasteiger partial charge in [-0.2, -0.15) is 0 Å². The van der Waals surface area contributed by atoms with Gasteiger partial charge in [0.15, 0.2) is 0 Å². The molecule has 3 aliphatic carbocycles. The van der Waals surface area contributed by atoms with Crippen LogP contribution in [-0.2, 0) is 116 Å². The number of benzene rings is 3. The number of carbonyl (C=O) groups excluding carboxylic acids is 9. The summed E-state index contributed by atoms with van der Waals surface area (Å²) in [5, 5.41) is 10.0. The molecule has 36 heteroatoms. The number of hydrogen-bond donors (Lipinski definition) is 3. The number of carbonyl (C=O) groups is 6. The molecule has 6 aromatic rings. The number of nitrogens with zero attached hydrogens (tertiary/aromatic N) is 6. The Morgan fingerprint density at radius 1 is 0.420 bits per heavy atom. The van der Waals surface area contributed by atoms with E-state index in [4.69, 9.17) is 42.6 Å². The van der Waals surface area contributed by atoms with Gasteiger partial charge in [0, 0.05) is 115 Å². The Labute approximate surface area is 840 Å². The van der Waals surface area contributed by atoms with Gasteiger partial charge in [0.1, 0.15) is 71.5 Å². The quantitative estimate of drug-likeness (QED) is 0.0688. The van der Waals surface area contributed by atoms with E-state index in [-0.39, 0.29) is 159 Å². The Balaban J connectivity index is 0.000000211. The summed E-state index contributed by atoms with van der Waals surface area (Å²) in [4.78, 5) is 137. The number of aromatic nitrogens is 3. The normalized spacial score (nSPS) is 29.0. The van der Waals surface area contributed by atoms with Crippen LogP contribution in [0.3, 0.4) is 0 Å². The van der Waals surface area contributed by atoms with Gasteiger partial charge in [0.25, 0.3) is 17.8 Å². The number of fused-ring (bicyclic) bond motifs is 15. The molecule has 9 heterocycles. The van der Waals surface area contributed by atoms with Crippen molar-refractivity contribution in [3.05, 3.63) is 88.0 Å². The summed E-state index contributed by atoms with van der Waals surface area (Å²) in [6, 6.07) is 9.26. The summed E-state index contributed by atoms with van der Waals surface area (Å²) < 4.78 is 150. The first-order chi connectivity index (χ1) is 63.7. The summed E-state index contributed by atoms with van der Waals surface area (Å²) >= 11 is 0. The molecule has 6 fully saturated rings. The maximum Gasteiger partial charge on any atom is 0.408 e. The van der Waals surface area contributed by atoms with Crippen LogP contribution in [-0.4, -0.2) is 198 Å². The van der Waals surface area contributed by atoms with E-state index in [1.165, 1.54) is 36.0 Å². The van der Waals surface area contributed by atoms with Gasteiger partial charge in [0.05, 0.1) is 74.2 Å². The number of rotatable bonds is 9. The average Bonchev–Trinajstić information content (AvgIpc) is 1.34. The first-order valence-electron chi connectivity index (χ1n) is 47.8. The molecule has 3 saturated carbocycles. The van der Waals surface area contributed by atoms with Crippen molar-refractivity contribution in [1.82, 2.24) is 45.6 Å². The number of alkyl carbamates (subject to hydrolysis) is 3. The third-order valence-corrected chi connectivity index (χ3v) is 29.3. The fourth-order valence-corrected chi connectivity index (χ4v) is 21.2. The molecule has 15 rings (SSSR count). The van der Waals surface area contributed by atoms with Crippen molar-refractivity contribution in [3.8, 4) is 34.9 Å². The fourth-order valence-electron chi connectivity index (χ4n) is 21.2. The van der Waals surface area contributed by atoms with Crippen molar-refractivity contribution >= 4 is 87.6 Å². The molecule has 3 radical (unpaired) electrons. The molecular formula is C102H132F6N9O18V3-3. The van der Waals surface area contributed by atoms with Crippen LogP contribution < -0.4 is 44.4 Å². The number of alkyl halides is 6. The second kappa shape index (κ2) is 44.8. The Morgan fingerprint density at radius 2 is 0.732 bits per heavy atom. The van der Waals surface area contributed by atoms with Gasteiger partial charge in [-0.25, -0.2) is 74.5 Å². The van der Waals surface area contributed by atoms with E-state index in [1.54, 1.807) is 75.4 Å². The minimum absolute atomic E-state index is 0. The number of amides is 6. The van der Waals surface area contributed by atoms with Gasteiger partial charge in [-0.15, -0.1) is 0 Å². The van der Waals surface area contributed by atoms with Gasteiger partial charge in [-0.3, -0.25) is 14.4 Å². The monoisotopic (exact) mass is 2040 g/mol.